The molecule has 0 aliphatic carbocycles. The minimum atomic E-state index is -3.99. The second kappa shape index (κ2) is 8.04. The van der Waals surface area contributed by atoms with E-state index in [4.69, 9.17) is 0 Å². The lowest BCUT2D eigenvalue weighted by Gasteiger charge is -2.13. The fraction of sp³-hybridized carbons (Fsp3) is 0.429. The van der Waals surface area contributed by atoms with Crippen molar-refractivity contribution in [1.29, 1.82) is 0 Å². The maximum absolute atomic E-state index is 12.4. The Kier molecular flexibility index (Phi) is 6.67. The van der Waals surface area contributed by atoms with Gasteiger partial charge in [0.1, 0.15) is 0 Å². The number of sulfonamides is 1. The Labute approximate surface area is 135 Å². The Morgan fingerprint density at radius 2 is 1.74 bits per heavy atom. The van der Waals surface area contributed by atoms with Gasteiger partial charge < -0.3 is 14.4 Å². The van der Waals surface area contributed by atoms with Gasteiger partial charge in [-0.15, -0.1) is 0 Å². The summed E-state index contributed by atoms with van der Waals surface area (Å²) in [4.78, 5) is 24.8. The number of nitrogens with one attached hydrogen (secondary N) is 1. The number of esters is 2. The van der Waals surface area contributed by atoms with Gasteiger partial charge in [-0.2, -0.15) is 0 Å². The van der Waals surface area contributed by atoms with Crippen molar-refractivity contribution < 1.29 is 27.5 Å². The summed E-state index contributed by atoms with van der Waals surface area (Å²) in [5.41, 5.74) is -0.134. The molecule has 0 amide bonds. The lowest BCUT2D eigenvalue weighted by Crippen LogP contribution is -2.32. The van der Waals surface area contributed by atoms with Crippen molar-refractivity contribution in [3.8, 4) is 0 Å². The summed E-state index contributed by atoms with van der Waals surface area (Å²) in [6.45, 7) is 0.627. The van der Waals surface area contributed by atoms with Crippen LogP contribution in [0.4, 0.5) is 0 Å². The normalized spacial score (nSPS) is 11.3. The molecule has 0 radical (unpaired) electrons. The summed E-state index contributed by atoms with van der Waals surface area (Å²) < 4.78 is 36.4. The molecule has 1 aromatic rings. The van der Waals surface area contributed by atoms with Crippen molar-refractivity contribution in [3.63, 3.8) is 0 Å². The summed E-state index contributed by atoms with van der Waals surface area (Å²) in [5.74, 6) is -1.51. The second-order valence-corrected chi connectivity index (χ2v) is 6.63. The molecule has 9 heteroatoms. The van der Waals surface area contributed by atoms with Crippen molar-refractivity contribution in [1.82, 2.24) is 9.62 Å². The quantitative estimate of drug-likeness (QED) is 0.700. The van der Waals surface area contributed by atoms with Gasteiger partial charge in [-0.25, -0.2) is 22.7 Å². The lowest BCUT2D eigenvalue weighted by molar-refractivity contribution is 0.0583. The molecule has 0 bridgehead atoms. The minimum absolute atomic E-state index is 0.0214. The van der Waals surface area contributed by atoms with Crippen LogP contribution in [0.5, 0.6) is 0 Å². The number of nitrogens with zero attached hydrogens (tertiary/aromatic N) is 1. The predicted octanol–water partition coefficient (Wildman–Crippen LogP) is 0.0997. The van der Waals surface area contributed by atoms with Crippen LogP contribution >= 0.6 is 0 Å². The number of methoxy groups -OCH3 is 2. The van der Waals surface area contributed by atoms with Crippen LogP contribution in [0.25, 0.3) is 0 Å². The third-order valence-electron chi connectivity index (χ3n) is 2.95. The molecule has 0 unspecified atom stereocenters. The van der Waals surface area contributed by atoms with E-state index in [1.165, 1.54) is 19.2 Å². The fourth-order valence-electron chi connectivity index (χ4n) is 1.75. The van der Waals surface area contributed by atoms with Crippen molar-refractivity contribution in [2.24, 2.45) is 0 Å². The van der Waals surface area contributed by atoms with Gasteiger partial charge in [0.2, 0.25) is 10.0 Å². The Morgan fingerprint density at radius 1 is 1.13 bits per heavy atom. The summed E-state index contributed by atoms with van der Waals surface area (Å²) >= 11 is 0. The van der Waals surface area contributed by atoms with Gasteiger partial charge in [-0.1, -0.05) is 0 Å². The Balaban J connectivity index is 3.27. The van der Waals surface area contributed by atoms with E-state index in [0.29, 0.717) is 6.54 Å². The average molecular weight is 344 g/mol. The first-order chi connectivity index (χ1) is 10.7. The highest BCUT2D eigenvalue weighted by atomic mass is 32.2. The van der Waals surface area contributed by atoms with Crippen LogP contribution in [0, 0.1) is 0 Å². The highest BCUT2D eigenvalue weighted by Crippen LogP contribution is 2.19. The zero-order chi connectivity index (χ0) is 17.6. The van der Waals surface area contributed by atoms with Crippen LogP contribution in [0.15, 0.2) is 23.1 Å². The number of rotatable bonds is 7. The van der Waals surface area contributed by atoms with Crippen LogP contribution in [0.3, 0.4) is 0 Å². The van der Waals surface area contributed by atoms with E-state index in [9.17, 15) is 18.0 Å². The van der Waals surface area contributed by atoms with E-state index < -0.39 is 22.0 Å². The smallest absolute Gasteiger partial charge is 0.339 e. The molecular weight excluding hydrogens is 324 g/mol. The fourth-order valence-corrected chi connectivity index (χ4v) is 2.99. The minimum Gasteiger partial charge on any atom is -0.465 e. The number of benzene rings is 1. The van der Waals surface area contributed by atoms with Gasteiger partial charge in [0, 0.05) is 13.1 Å². The van der Waals surface area contributed by atoms with Gasteiger partial charge in [0.25, 0.3) is 0 Å². The first-order valence-corrected chi connectivity index (χ1v) is 8.16. The van der Waals surface area contributed by atoms with Gasteiger partial charge in [0.15, 0.2) is 0 Å². The Morgan fingerprint density at radius 3 is 2.26 bits per heavy atom. The third kappa shape index (κ3) is 5.02. The second-order valence-electron chi connectivity index (χ2n) is 4.90. The maximum atomic E-state index is 12.4. The zero-order valence-corrected chi connectivity index (χ0v) is 14.3. The molecule has 0 saturated carbocycles. The molecule has 0 heterocycles. The van der Waals surface area contributed by atoms with E-state index in [2.05, 4.69) is 14.2 Å². The first-order valence-electron chi connectivity index (χ1n) is 6.68. The SMILES string of the molecule is COC(=O)c1ccc(C(=O)OC)c(S(=O)(=O)NCCN(C)C)c1. The molecule has 0 fully saturated rings. The van der Waals surface area contributed by atoms with Crippen LogP contribution in [-0.2, 0) is 19.5 Å². The molecule has 0 aliphatic heterocycles. The Hall–Kier alpha value is -1.97. The number of likely N-dealkylation sites (N-methyl/N-ethyl adjacent to an activating group) is 1. The van der Waals surface area contributed by atoms with Crippen molar-refractivity contribution in [2.45, 2.75) is 4.90 Å². The predicted molar refractivity (Wildman–Crippen MR) is 82.9 cm³/mol. The van der Waals surface area contributed by atoms with Crippen LogP contribution < -0.4 is 4.72 Å². The molecule has 128 valence electrons. The third-order valence-corrected chi connectivity index (χ3v) is 4.45. The largest absolute Gasteiger partial charge is 0.465 e. The van der Waals surface area contributed by atoms with Crippen LogP contribution in [0.2, 0.25) is 0 Å². The summed E-state index contributed by atoms with van der Waals surface area (Å²) in [6, 6.07) is 3.62. The molecular formula is C14H20N2O6S. The molecule has 0 aliphatic rings. The summed E-state index contributed by atoms with van der Waals surface area (Å²) in [5, 5.41) is 0. The molecule has 1 N–H and O–H groups in total. The zero-order valence-electron chi connectivity index (χ0n) is 13.5. The number of hydrogen-bond donors (Lipinski definition) is 1. The highest BCUT2D eigenvalue weighted by molar-refractivity contribution is 7.89. The van der Waals surface area contributed by atoms with Gasteiger partial charge >= 0.3 is 11.9 Å². The van der Waals surface area contributed by atoms with Gasteiger partial charge in [0.05, 0.1) is 30.2 Å². The standard InChI is InChI=1S/C14H20N2O6S/c1-16(2)8-7-15-23(19,20)12-9-10(13(17)21-3)5-6-11(12)14(18)22-4/h5-6,9,15H,7-8H2,1-4H3. The molecule has 0 aromatic heterocycles. The van der Waals surface area contributed by atoms with Gasteiger partial charge in [-0.05, 0) is 32.3 Å². The summed E-state index contributed by atoms with van der Waals surface area (Å²) in [6.07, 6.45) is 0. The van der Waals surface area contributed by atoms with E-state index in [1.54, 1.807) is 19.0 Å². The van der Waals surface area contributed by atoms with E-state index >= 15 is 0 Å². The molecule has 1 aromatic carbocycles. The lowest BCUT2D eigenvalue weighted by atomic mass is 10.1. The van der Waals surface area contributed by atoms with E-state index in [-0.39, 0.29) is 22.6 Å². The Bertz CT molecular complexity index is 685. The van der Waals surface area contributed by atoms with Crippen LogP contribution in [-0.4, -0.2) is 66.7 Å². The maximum Gasteiger partial charge on any atom is 0.339 e. The monoisotopic (exact) mass is 344 g/mol. The van der Waals surface area contributed by atoms with Crippen molar-refractivity contribution in [2.75, 3.05) is 41.4 Å². The number of carbonyl (C=O) groups excluding carboxylic acids is 2. The molecule has 23 heavy (non-hydrogen) atoms. The van der Waals surface area contributed by atoms with Crippen LogP contribution in [0.1, 0.15) is 20.7 Å². The number of hydrogen-bond acceptors (Lipinski definition) is 7. The number of carbonyl (C=O) groups is 2. The molecule has 0 atom stereocenters. The first kappa shape index (κ1) is 19.1. The van der Waals surface area contributed by atoms with Gasteiger partial charge in [-0.3, -0.25) is 0 Å². The molecule has 8 nitrogen and oxygen atoms in total. The van der Waals surface area contributed by atoms with E-state index in [0.717, 1.165) is 13.2 Å². The molecule has 1 rings (SSSR count). The molecule has 0 saturated heterocycles. The summed E-state index contributed by atoms with van der Waals surface area (Å²) in [7, 11) is 1.93. The molecule has 0 spiro atoms. The average Bonchev–Trinajstić information content (AvgIpc) is 2.52. The number of ether oxygens (including phenoxy) is 2. The topological polar surface area (TPSA) is 102 Å². The van der Waals surface area contributed by atoms with E-state index in [1.807, 2.05) is 0 Å². The van der Waals surface area contributed by atoms with Crippen molar-refractivity contribution in [3.05, 3.63) is 29.3 Å². The van der Waals surface area contributed by atoms with Crippen molar-refractivity contribution >= 4 is 22.0 Å². The highest BCUT2D eigenvalue weighted by Gasteiger charge is 2.24.